The van der Waals surface area contributed by atoms with Crippen molar-refractivity contribution in [2.45, 2.75) is 57.5 Å². The van der Waals surface area contributed by atoms with Crippen LogP contribution < -0.4 is 4.74 Å². The molecule has 3 unspecified atom stereocenters. The van der Waals surface area contributed by atoms with Crippen LogP contribution in [-0.4, -0.2) is 24.6 Å². The van der Waals surface area contributed by atoms with Gasteiger partial charge in [0.25, 0.3) is 0 Å². The quantitative estimate of drug-likeness (QED) is 0.602. The maximum atomic E-state index is 13.4. The van der Waals surface area contributed by atoms with E-state index in [1.165, 1.54) is 0 Å². The van der Waals surface area contributed by atoms with Crippen LogP contribution in [0.15, 0.2) is 24.3 Å². The van der Waals surface area contributed by atoms with Crippen molar-refractivity contribution in [1.82, 2.24) is 0 Å². The summed E-state index contributed by atoms with van der Waals surface area (Å²) in [7, 11) is 0. The highest BCUT2D eigenvalue weighted by molar-refractivity contribution is 5.65. The lowest BCUT2D eigenvalue weighted by Crippen LogP contribution is -2.29. The van der Waals surface area contributed by atoms with Crippen LogP contribution in [0.1, 0.15) is 39.2 Å². The van der Waals surface area contributed by atoms with Crippen LogP contribution in [0.4, 0.5) is 13.6 Å². The molecule has 1 aromatic rings. The molecule has 116 valence electrons. The van der Waals surface area contributed by atoms with E-state index in [0.717, 1.165) is 5.56 Å². The summed E-state index contributed by atoms with van der Waals surface area (Å²) in [5.74, 6) is 0.375. The highest BCUT2D eigenvalue weighted by Gasteiger charge is 2.39. The molecule has 2 rings (SSSR count). The zero-order chi connectivity index (χ0) is 15.6. The number of carbonyl (C=O) groups is 1. The number of hydrogen-bond acceptors (Lipinski definition) is 3. The molecule has 0 spiro atoms. The Hall–Kier alpha value is -1.65. The Labute approximate surface area is 123 Å². The van der Waals surface area contributed by atoms with E-state index in [4.69, 9.17) is 9.47 Å². The van der Waals surface area contributed by atoms with Gasteiger partial charge in [0.15, 0.2) is 6.17 Å². The third-order valence-corrected chi connectivity index (χ3v) is 3.56. The summed E-state index contributed by atoms with van der Waals surface area (Å²) in [6.07, 6.45) is -5.14. The summed E-state index contributed by atoms with van der Waals surface area (Å²) in [5.41, 5.74) is 0.630. The first-order valence-corrected chi connectivity index (χ1v) is 7.05. The van der Waals surface area contributed by atoms with Crippen molar-refractivity contribution in [2.24, 2.45) is 0 Å². The van der Waals surface area contributed by atoms with E-state index >= 15 is 0 Å². The van der Waals surface area contributed by atoms with Crippen LogP contribution in [0, 0.1) is 0 Å². The Balaban J connectivity index is 2.04. The van der Waals surface area contributed by atoms with Gasteiger partial charge in [-0.2, -0.15) is 0 Å². The molecule has 1 aromatic carbocycles. The number of hydrogen-bond donors (Lipinski definition) is 0. The van der Waals surface area contributed by atoms with E-state index in [9.17, 15) is 13.6 Å². The standard InChI is InChI=1S/C16H20F2O3/c1-16(2,3)10-6-4-5-7-12(10)20-15(19)21-13-9-8-11(17)14(13)18/h4-7,11,13-14H,8-9H2,1-3H3. The van der Waals surface area contributed by atoms with E-state index in [0.29, 0.717) is 5.75 Å². The molecule has 3 atom stereocenters. The topological polar surface area (TPSA) is 35.5 Å². The summed E-state index contributed by atoms with van der Waals surface area (Å²) < 4.78 is 36.6. The van der Waals surface area contributed by atoms with Gasteiger partial charge in [-0.05, 0) is 24.3 Å². The van der Waals surface area contributed by atoms with Gasteiger partial charge in [0.05, 0.1) is 0 Å². The number of ether oxygens (including phenoxy) is 2. The van der Waals surface area contributed by atoms with Crippen LogP contribution in [0.5, 0.6) is 5.75 Å². The number of benzene rings is 1. The normalized spacial score (nSPS) is 25.7. The molecule has 0 aromatic heterocycles. The van der Waals surface area contributed by atoms with Crippen LogP contribution >= 0.6 is 0 Å². The number of para-hydroxylation sites is 1. The molecule has 1 aliphatic rings. The predicted octanol–water partition coefficient (Wildman–Crippen LogP) is 4.34. The fourth-order valence-electron chi connectivity index (χ4n) is 2.41. The average Bonchev–Trinajstić information content (AvgIpc) is 2.70. The first kappa shape index (κ1) is 15.7. The maximum absolute atomic E-state index is 13.4. The van der Waals surface area contributed by atoms with E-state index < -0.39 is 24.6 Å². The molecular formula is C16H20F2O3. The summed E-state index contributed by atoms with van der Waals surface area (Å²) in [6, 6.07) is 7.10. The van der Waals surface area contributed by atoms with E-state index in [-0.39, 0.29) is 18.3 Å². The fraction of sp³-hybridized carbons (Fsp3) is 0.562. The zero-order valence-corrected chi connectivity index (χ0v) is 12.4. The molecule has 0 radical (unpaired) electrons. The molecule has 0 bridgehead atoms. The van der Waals surface area contributed by atoms with Crippen molar-refractivity contribution in [3.8, 4) is 5.75 Å². The number of halogens is 2. The fourth-order valence-corrected chi connectivity index (χ4v) is 2.41. The summed E-state index contributed by atoms with van der Waals surface area (Å²) in [4.78, 5) is 11.8. The maximum Gasteiger partial charge on any atom is 0.514 e. The zero-order valence-electron chi connectivity index (χ0n) is 12.4. The first-order valence-electron chi connectivity index (χ1n) is 7.05. The second-order valence-electron chi connectivity index (χ2n) is 6.29. The van der Waals surface area contributed by atoms with Crippen molar-refractivity contribution in [1.29, 1.82) is 0 Å². The lowest BCUT2D eigenvalue weighted by Gasteiger charge is -2.22. The van der Waals surface area contributed by atoms with Gasteiger partial charge in [-0.1, -0.05) is 39.0 Å². The third kappa shape index (κ3) is 3.71. The SMILES string of the molecule is CC(C)(C)c1ccccc1OC(=O)OC1CCC(F)C1F. The Morgan fingerprint density at radius 3 is 2.43 bits per heavy atom. The Morgan fingerprint density at radius 2 is 1.86 bits per heavy atom. The van der Waals surface area contributed by atoms with Gasteiger partial charge in [0.2, 0.25) is 0 Å². The lowest BCUT2D eigenvalue weighted by atomic mass is 9.86. The second-order valence-corrected chi connectivity index (χ2v) is 6.29. The smallest absolute Gasteiger partial charge is 0.427 e. The highest BCUT2D eigenvalue weighted by atomic mass is 19.2. The third-order valence-electron chi connectivity index (χ3n) is 3.56. The summed E-state index contributed by atoms with van der Waals surface area (Å²) in [5, 5.41) is 0. The van der Waals surface area contributed by atoms with Gasteiger partial charge >= 0.3 is 6.16 Å². The molecule has 3 nitrogen and oxygen atoms in total. The van der Waals surface area contributed by atoms with Crippen molar-refractivity contribution in [3.05, 3.63) is 29.8 Å². The Morgan fingerprint density at radius 1 is 1.19 bits per heavy atom. The molecule has 1 saturated carbocycles. The van der Waals surface area contributed by atoms with Gasteiger partial charge in [0, 0.05) is 5.56 Å². The minimum Gasteiger partial charge on any atom is -0.427 e. The minimum absolute atomic E-state index is 0.0672. The average molecular weight is 298 g/mol. The Bertz CT molecular complexity index is 510. The van der Waals surface area contributed by atoms with Crippen LogP contribution in [0.3, 0.4) is 0 Å². The molecule has 0 saturated heterocycles. The van der Waals surface area contributed by atoms with Crippen molar-refractivity contribution in [2.75, 3.05) is 0 Å². The molecule has 0 aliphatic heterocycles. The van der Waals surface area contributed by atoms with Crippen LogP contribution in [0.2, 0.25) is 0 Å². The predicted molar refractivity (Wildman–Crippen MR) is 75.1 cm³/mol. The molecule has 0 amide bonds. The van der Waals surface area contributed by atoms with Crippen molar-refractivity contribution < 1.29 is 23.0 Å². The Kier molecular flexibility index (Phi) is 4.49. The van der Waals surface area contributed by atoms with Gasteiger partial charge in [-0.3, -0.25) is 0 Å². The molecule has 21 heavy (non-hydrogen) atoms. The van der Waals surface area contributed by atoms with Gasteiger partial charge < -0.3 is 9.47 Å². The largest absolute Gasteiger partial charge is 0.514 e. The summed E-state index contributed by atoms with van der Waals surface area (Å²) in [6.45, 7) is 5.97. The second kappa shape index (κ2) is 6.00. The summed E-state index contributed by atoms with van der Waals surface area (Å²) >= 11 is 0. The molecule has 1 aliphatic carbocycles. The van der Waals surface area contributed by atoms with Crippen LogP contribution in [0.25, 0.3) is 0 Å². The number of rotatable bonds is 2. The van der Waals surface area contributed by atoms with Crippen molar-refractivity contribution >= 4 is 6.16 Å². The molecular weight excluding hydrogens is 278 g/mol. The molecule has 0 heterocycles. The van der Waals surface area contributed by atoms with Crippen molar-refractivity contribution in [3.63, 3.8) is 0 Å². The van der Waals surface area contributed by atoms with Gasteiger partial charge in [-0.25, -0.2) is 13.6 Å². The van der Waals surface area contributed by atoms with Gasteiger partial charge in [-0.15, -0.1) is 0 Å². The highest BCUT2D eigenvalue weighted by Crippen LogP contribution is 2.32. The van der Waals surface area contributed by atoms with Crippen LogP contribution in [-0.2, 0) is 10.2 Å². The first-order chi connectivity index (χ1) is 9.79. The monoisotopic (exact) mass is 298 g/mol. The van der Waals surface area contributed by atoms with E-state index in [2.05, 4.69) is 0 Å². The molecule has 0 N–H and O–H groups in total. The molecule has 1 fully saturated rings. The van der Waals surface area contributed by atoms with E-state index in [1.807, 2.05) is 32.9 Å². The van der Waals surface area contributed by atoms with Gasteiger partial charge in [0.1, 0.15) is 18.0 Å². The van der Waals surface area contributed by atoms with E-state index in [1.54, 1.807) is 12.1 Å². The lowest BCUT2D eigenvalue weighted by molar-refractivity contribution is 0.0189. The number of alkyl halides is 2. The minimum atomic E-state index is -1.77. The number of carbonyl (C=O) groups excluding carboxylic acids is 1. The molecule has 5 heteroatoms.